The third-order valence-corrected chi connectivity index (χ3v) is 7.05. The van der Waals surface area contributed by atoms with Gasteiger partial charge in [-0.25, -0.2) is 8.42 Å². The zero-order valence-electron chi connectivity index (χ0n) is 16.1. The number of methoxy groups -OCH3 is 1. The molecule has 0 atom stereocenters. The van der Waals surface area contributed by atoms with E-state index in [1.54, 1.807) is 23.5 Å². The van der Waals surface area contributed by atoms with Gasteiger partial charge in [-0.3, -0.25) is 0 Å². The molecule has 0 amide bonds. The summed E-state index contributed by atoms with van der Waals surface area (Å²) in [6.45, 7) is 3.17. The predicted octanol–water partition coefficient (Wildman–Crippen LogP) is 4.16. The quantitative estimate of drug-likeness (QED) is 0.665. The van der Waals surface area contributed by atoms with E-state index >= 15 is 0 Å². The highest BCUT2D eigenvalue weighted by molar-refractivity contribution is 7.89. The highest BCUT2D eigenvalue weighted by atomic mass is 32.2. The van der Waals surface area contributed by atoms with Crippen LogP contribution in [0.25, 0.3) is 17.0 Å². The molecule has 0 N–H and O–H groups in total. The fourth-order valence-corrected chi connectivity index (χ4v) is 5.18. The SMILES string of the molecule is COCn1c2c(c3ccccc31)CN(S(=O)(=O)c1ccc(C)cc1)CC/C=C\2. The largest absolute Gasteiger partial charge is 0.364 e. The summed E-state index contributed by atoms with van der Waals surface area (Å²) >= 11 is 0. The van der Waals surface area contributed by atoms with Crippen molar-refractivity contribution >= 4 is 27.0 Å². The second-order valence-electron chi connectivity index (χ2n) is 7.07. The molecule has 146 valence electrons. The zero-order valence-corrected chi connectivity index (χ0v) is 16.9. The number of benzene rings is 2. The van der Waals surface area contributed by atoms with Crippen molar-refractivity contribution in [2.75, 3.05) is 13.7 Å². The van der Waals surface area contributed by atoms with Crippen molar-refractivity contribution in [1.82, 2.24) is 8.87 Å². The third kappa shape index (κ3) is 3.28. The smallest absolute Gasteiger partial charge is 0.243 e. The monoisotopic (exact) mass is 396 g/mol. The first kappa shape index (κ1) is 18.9. The maximum absolute atomic E-state index is 13.3. The van der Waals surface area contributed by atoms with Crippen LogP contribution in [0.15, 0.2) is 59.5 Å². The number of aromatic nitrogens is 1. The van der Waals surface area contributed by atoms with E-state index in [4.69, 9.17) is 4.74 Å². The Labute approximate surface area is 165 Å². The minimum Gasteiger partial charge on any atom is -0.364 e. The van der Waals surface area contributed by atoms with E-state index in [9.17, 15) is 8.42 Å². The summed E-state index contributed by atoms with van der Waals surface area (Å²) in [4.78, 5) is 0.338. The van der Waals surface area contributed by atoms with Crippen LogP contribution < -0.4 is 0 Å². The summed E-state index contributed by atoms with van der Waals surface area (Å²) < 4.78 is 35.7. The number of aryl methyl sites for hydroxylation is 1. The van der Waals surface area contributed by atoms with Gasteiger partial charge in [-0.1, -0.05) is 42.0 Å². The van der Waals surface area contributed by atoms with Gasteiger partial charge in [-0.15, -0.1) is 0 Å². The van der Waals surface area contributed by atoms with E-state index in [-0.39, 0.29) is 0 Å². The number of nitrogens with zero attached hydrogens (tertiary/aromatic N) is 2. The summed E-state index contributed by atoms with van der Waals surface area (Å²) in [5.74, 6) is 0. The molecule has 1 aliphatic rings. The molecule has 2 heterocycles. The first-order chi connectivity index (χ1) is 13.5. The molecule has 0 unspecified atom stereocenters. The van der Waals surface area contributed by atoms with E-state index in [2.05, 4.69) is 10.6 Å². The van der Waals surface area contributed by atoms with Crippen molar-refractivity contribution in [2.45, 2.75) is 31.5 Å². The lowest BCUT2D eigenvalue weighted by molar-refractivity contribution is 0.134. The Hall–Kier alpha value is -2.41. The van der Waals surface area contributed by atoms with Gasteiger partial charge < -0.3 is 9.30 Å². The number of ether oxygens (including phenoxy) is 1. The Kier molecular flexibility index (Phi) is 5.10. The van der Waals surface area contributed by atoms with Gasteiger partial charge in [0.05, 0.1) is 10.4 Å². The van der Waals surface area contributed by atoms with E-state index < -0.39 is 10.0 Å². The molecule has 0 saturated carbocycles. The molecule has 28 heavy (non-hydrogen) atoms. The second-order valence-corrected chi connectivity index (χ2v) is 9.01. The number of sulfonamides is 1. The normalized spacial score (nSPS) is 16.5. The predicted molar refractivity (Wildman–Crippen MR) is 111 cm³/mol. The molecule has 1 aliphatic heterocycles. The van der Waals surface area contributed by atoms with Crippen LogP contribution in [-0.2, 0) is 28.0 Å². The van der Waals surface area contributed by atoms with Crippen LogP contribution in [0.2, 0.25) is 0 Å². The summed E-state index contributed by atoms with van der Waals surface area (Å²) in [6.07, 6.45) is 4.80. The fourth-order valence-electron chi connectivity index (χ4n) is 3.75. The third-order valence-electron chi connectivity index (χ3n) is 5.19. The molecule has 6 heteroatoms. The topological polar surface area (TPSA) is 51.5 Å². The van der Waals surface area contributed by atoms with Gasteiger partial charge in [-0.05, 0) is 37.6 Å². The Morgan fingerprint density at radius 3 is 2.57 bits per heavy atom. The first-order valence-corrected chi connectivity index (χ1v) is 10.8. The van der Waals surface area contributed by atoms with Crippen molar-refractivity contribution in [3.63, 3.8) is 0 Å². The lowest BCUT2D eigenvalue weighted by atomic mass is 10.1. The molecular formula is C22H24N2O3S. The Bertz CT molecular complexity index is 1130. The van der Waals surface area contributed by atoms with Gasteiger partial charge >= 0.3 is 0 Å². The lowest BCUT2D eigenvalue weighted by Crippen LogP contribution is -2.32. The molecule has 0 spiro atoms. The van der Waals surface area contributed by atoms with Crippen LogP contribution in [0.4, 0.5) is 0 Å². The van der Waals surface area contributed by atoms with Crippen molar-refractivity contribution in [2.24, 2.45) is 0 Å². The summed E-state index contributed by atoms with van der Waals surface area (Å²) in [5.41, 5.74) is 4.11. The molecule has 3 aromatic rings. The molecule has 5 nitrogen and oxygen atoms in total. The average Bonchev–Trinajstić information content (AvgIpc) is 2.94. The molecule has 4 rings (SSSR count). The molecule has 2 aromatic carbocycles. The van der Waals surface area contributed by atoms with E-state index in [0.29, 0.717) is 31.1 Å². The van der Waals surface area contributed by atoms with Gasteiger partial charge in [0, 0.05) is 36.8 Å². The fraction of sp³-hybridized carbons (Fsp3) is 0.273. The number of hydrogen-bond acceptors (Lipinski definition) is 3. The second kappa shape index (κ2) is 7.54. The van der Waals surface area contributed by atoms with Crippen molar-refractivity contribution in [3.8, 4) is 0 Å². The van der Waals surface area contributed by atoms with Crippen molar-refractivity contribution in [3.05, 3.63) is 71.4 Å². The Morgan fingerprint density at radius 1 is 1.07 bits per heavy atom. The van der Waals surface area contributed by atoms with Crippen molar-refractivity contribution < 1.29 is 13.2 Å². The van der Waals surface area contributed by atoms with Crippen LogP contribution in [0, 0.1) is 6.92 Å². The number of hydrogen-bond donors (Lipinski definition) is 0. The highest BCUT2D eigenvalue weighted by Crippen LogP contribution is 2.31. The molecule has 0 aliphatic carbocycles. The van der Waals surface area contributed by atoms with Crippen LogP contribution in [0.1, 0.15) is 23.2 Å². The molecule has 0 saturated heterocycles. The molecule has 1 aromatic heterocycles. The number of fused-ring (bicyclic) bond motifs is 3. The Balaban J connectivity index is 1.83. The van der Waals surface area contributed by atoms with E-state index in [1.807, 2.05) is 49.4 Å². The van der Waals surface area contributed by atoms with Gasteiger partial charge in [-0.2, -0.15) is 4.31 Å². The van der Waals surface area contributed by atoms with Gasteiger partial charge in [0.25, 0.3) is 0 Å². The van der Waals surface area contributed by atoms with Crippen molar-refractivity contribution in [1.29, 1.82) is 0 Å². The summed E-state index contributed by atoms with van der Waals surface area (Å²) in [5, 5.41) is 1.06. The van der Waals surface area contributed by atoms with Gasteiger partial charge in [0.2, 0.25) is 10.0 Å². The van der Waals surface area contributed by atoms with Gasteiger partial charge in [0.15, 0.2) is 0 Å². The average molecular weight is 397 g/mol. The zero-order chi connectivity index (χ0) is 19.7. The maximum Gasteiger partial charge on any atom is 0.243 e. The minimum atomic E-state index is -3.57. The maximum atomic E-state index is 13.3. The van der Waals surface area contributed by atoms with Crippen LogP contribution in [0.5, 0.6) is 0 Å². The van der Waals surface area contributed by atoms with Crippen LogP contribution in [-0.4, -0.2) is 30.9 Å². The highest BCUT2D eigenvalue weighted by Gasteiger charge is 2.28. The summed E-state index contributed by atoms with van der Waals surface area (Å²) in [6, 6.07) is 15.1. The van der Waals surface area contributed by atoms with Crippen LogP contribution in [0.3, 0.4) is 0 Å². The Morgan fingerprint density at radius 2 is 1.82 bits per heavy atom. The molecule has 0 fully saturated rings. The number of rotatable bonds is 4. The standard InChI is InChI=1S/C22H24N2O3S/c1-17-10-12-18(13-11-17)28(25,26)23-14-6-5-9-22-20(15-23)19-7-3-4-8-21(19)24(22)16-27-2/h3-5,7-13H,6,14-16H2,1-2H3/b9-5-. The molecular weight excluding hydrogens is 372 g/mol. The lowest BCUT2D eigenvalue weighted by Gasteiger charge is -2.23. The van der Waals surface area contributed by atoms with E-state index in [0.717, 1.165) is 27.7 Å². The van der Waals surface area contributed by atoms with Crippen LogP contribution >= 0.6 is 0 Å². The minimum absolute atomic E-state index is 0.338. The molecule has 0 bridgehead atoms. The number of para-hydroxylation sites is 1. The van der Waals surface area contributed by atoms with Gasteiger partial charge in [0.1, 0.15) is 6.73 Å². The van der Waals surface area contributed by atoms with E-state index in [1.165, 1.54) is 0 Å². The first-order valence-electron chi connectivity index (χ1n) is 9.35. The molecule has 0 radical (unpaired) electrons. The summed E-state index contributed by atoms with van der Waals surface area (Å²) in [7, 11) is -1.91.